The van der Waals surface area contributed by atoms with Crippen molar-refractivity contribution in [1.82, 2.24) is 0 Å². The average Bonchev–Trinajstić information content (AvgIpc) is 2.13. The van der Waals surface area contributed by atoms with Gasteiger partial charge in [0.05, 0.1) is 10.5 Å². The van der Waals surface area contributed by atoms with E-state index in [1.807, 2.05) is 0 Å². The van der Waals surface area contributed by atoms with Crippen molar-refractivity contribution < 1.29 is 9.90 Å². The minimum absolute atomic E-state index is 0.343. The first-order valence-corrected chi connectivity index (χ1v) is 3.86. The molecule has 0 radical (unpaired) electrons. The van der Waals surface area contributed by atoms with Crippen LogP contribution in [0.15, 0.2) is 17.5 Å². The van der Waals surface area contributed by atoms with Crippen LogP contribution in [0, 0.1) is 0 Å². The van der Waals surface area contributed by atoms with Gasteiger partial charge >= 0.3 is 5.30 Å². The Morgan fingerprint density at radius 1 is 1.78 bits per heavy atom. The molecule has 1 rings (SSSR count). The zero-order chi connectivity index (χ0) is 6.85. The molecule has 0 aliphatic rings. The maximum Gasteiger partial charge on any atom is 0.302 e. The Morgan fingerprint density at radius 3 is 2.67 bits per heavy atom. The van der Waals surface area contributed by atoms with Crippen LogP contribution in [0.1, 0.15) is 0 Å². The van der Waals surface area contributed by atoms with Crippen LogP contribution in [0.3, 0.4) is 0 Å². The van der Waals surface area contributed by atoms with Crippen molar-refractivity contribution in [2.45, 2.75) is 0 Å². The second kappa shape index (κ2) is 2.37. The summed E-state index contributed by atoms with van der Waals surface area (Å²) in [5, 5.41) is 10.5. The van der Waals surface area contributed by atoms with E-state index in [9.17, 15) is 9.90 Å². The van der Waals surface area contributed by atoms with Crippen molar-refractivity contribution in [3.8, 4) is 0 Å². The third kappa shape index (κ3) is 1.23. The van der Waals surface area contributed by atoms with E-state index in [1.165, 1.54) is 5.38 Å². The number of carbonyl (C=O) groups is 1. The maximum atomic E-state index is 10.1. The molecular weight excluding hydrogens is 160 g/mol. The minimum Gasteiger partial charge on any atom is -0.500 e. The van der Waals surface area contributed by atoms with E-state index in [1.54, 1.807) is 12.1 Å². The number of carboxylic acid groups (broad SMARTS) is 1. The SMILES string of the molecule is O=C([O-])[s+]1cccc1Cl. The molecule has 0 saturated heterocycles. The lowest BCUT2D eigenvalue weighted by atomic mass is 10.7. The summed E-state index contributed by atoms with van der Waals surface area (Å²) in [4.78, 5) is 10.1. The molecule has 0 fully saturated rings. The predicted octanol–water partition coefficient (Wildman–Crippen LogP) is 1.28. The second-order valence-electron chi connectivity index (χ2n) is 1.39. The Kier molecular flexibility index (Phi) is 1.73. The van der Waals surface area contributed by atoms with Crippen molar-refractivity contribution in [3.63, 3.8) is 0 Å². The van der Waals surface area contributed by atoms with Crippen LogP contribution in [0.5, 0.6) is 0 Å². The monoisotopic (exact) mass is 162 g/mol. The lowest BCUT2D eigenvalue weighted by molar-refractivity contribution is -0.233. The van der Waals surface area contributed by atoms with Crippen LogP contribution in [0.2, 0.25) is 4.34 Å². The van der Waals surface area contributed by atoms with E-state index in [4.69, 9.17) is 11.6 Å². The molecule has 0 aliphatic carbocycles. The normalized spacial score (nSPS) is 11.4. The van der Waals surface area contributed by atoms with Crippen molar-refractivity contribution in [2.75, 3.05) is 0 Å². The van der Waals surface area contributed by atoms with Crippen LogP contribution in [0.25, 0.3) is 0 Å². The van der Waals surface area contributed by atoms with Crippen LogP contribution < -0.4 is 5.11 Å². The van der Waals surface area contributed by atoms with Gasteiger partial charge in [0.1, 0.15) is 5.38 Å². The van der Waals surface area contributed by atoms with Gasteiger partial charge in [-0.2, -0.15) is 0 Å². The van der Waals surface area contributed by atoms with Crippen molar-refractivity contribution in [1.29, 1.82) is 0 Å². The molecule has 1 atom stereocenters. The Hall–Kier alpha value is -0.540. The summed E-state index contributed by atoms with van der Waals surface area (Å²) in [5.74, 6) is 0. The van der Waals surface area contributed by atoms with Crippen LogP contribution in [-0.4, -0.2) is 5.30 Å². The number of hydrogen-bond donors (Lipinski definition) is 0. The quantitative estimate of drug-likeness (QED) is 0.584. The predicted molar refractivity (Wildman–Crippen MR) is 34.7 cm³/mol. The van der Waals surface area contributed by atoms with Gasteiger partial charge in [0.25, 0.3) is 0 Å². The summed E-state index contributed by atoms with van der Waals surface area (Å²) < 4.78 is 0.343. The number of halogens is 1. The average molecular weight is 163 g/mol. The van der Waals surface area contributed by atoms with E-state index in [0.717, 1.165) is 0 Å². The van der Waals surface area contributed by atoms with Crippen LogP contribution in [0.4, 0.5) is 4.79 Å². The van der Waals surface area contributed by atoms with Gasteiger partial charge < -0.3 is 9.90 Å². The first kappa shape index (κ1) is 6.58. The molecule has 0 bridgehead atoms. The molecule has 9 heavy (non-hydrogen) atoms. The Bertz CT molecular complexity index is 231. The molecule has 0 amide bonds. The molecule has 0 N–H and O–H groups in total. The fraction of sp³-hybridized carbons (Fsp3) is 0. The van der Waals surface area contributed by atoms with Gasteiger partial charge in [-0.1, -0.05) is 0 Å². The molecule has 0 saturated carbocycles. The molecule has 0 spiro atoms. The molecule has 48 valence electrons. The third-order valence-corrected chi connectivity index (χ3v) is 2.80. The smallest absolute Gasteiger partial charge is 0.302 e. The van der Waals surface area contributed by atoms with Crippen molar-refractivity contribution in [3.05, 3.63) is 21.8 Å². The van der Waals surface area contributed by atoms with E-state index in [2.05, 4.69) is 0 Å². The van der Waals surface area contributed by atoms with Crippen LogP contribution >= 0.6 is 22.1 Å². The summed E-state index contributed by atoms with van der Waals surface area (Å²) in [6.07, 6.45) is 0. The summed E-state index contributed by atoms with van der Waals surface area (Å²) in [7, 11) is -0.972. The first-order chi connectivity index (χ1) is 4.22. The topological polar surface area (TPSA) is 40.1 Å². The highest BCUT2D eigenvalue weighted by molar-refractivity contribution is 7.51. The largest absolute Gasteiger partial charge is 0.500 e. The number of rotatable bonds is 1. The Morgan fingerprint density at radius 2 is 2.44 bits per heavy atom. The van der Waals surface area contributed by atoms with Gasteiger partial charge in [-0.3, -0.25) is 0 Å². The fourth-order valence-electron chi connectivity index (χ4n) is 0.467. The van der Waals surface area contributed by atoms with E-state index in [-0.39, 0.29) is 0 Å². The van der Waals surface area contributed by atoms with E-state index >= 15 is 0 Å². The van der Waals surface area contributed by atoms with Crippen LogP contribution in [-0.2, 0) is 0 Å². The van der Waals surface area contributed by atoms with Gasteiger partial charge in [-0.15, -0.1) is 0 Å². The Labute approximate surface area is 59.7 Å². The summed E-state index contributed by atoms with van der Waals surface area (Å²) in [5.41, 5.74) is 0. The highest BCUT2D eigenvalue weighted by atomic mass is 35.5. The zero-order valence-corrected chi connectivity index (χ0v) is 5.91. The summed E-state index contributed by atoms with van der Waals surface area (Å²) >= 11 is 5.46. The Balaban J connectivity index is 3.08. The fourth-order valence-corrected chi connectivity index (χ4v) is 1.74. The first-order valence-electron chi connectivity index (χ1n) is 2.20. The molecule has 0 aromatic carbocycles. The molecular formula is C5H3ClO2S. The number of thiophene rings is 1. The van der Waals surface area contributed by atoms with Crippen molar-refractivity contribution in [2.24, 2.45) is 0 Å². The number of carbonyl (C=O) groups excluding carboxylic acids is 1. The minimum atomic E-state index is -1.12. The van der Waals surface area contributed by atoms with E-state index < -0.39 is 15.8 Å². The van der Waals surface area contributed by atoms with Gasteiger partial charge in [0.2, 0.25) is 4.34 Å². The number of hydrogen-bond acceptors (Lipinski definition) is 2. The highest BCUT2D eigenvalue weighted by Crippen LogP contribution is 2.28. The lowest BCUT2D eigenvalue weighted by Gasteiger charge is -1.84. The molecule has 2 nitrogen and oxygen atoms in total. The van der Waals surface area contributed by atoms with E-state index in [0.29, 0.717) is 4.34 Å². The van der Waals surface area contributed by atoms with Crippen molar-refractivity contribution >= 4 is 27.4 Å². The molecule has 1 aromatic rings. The highest BCUT2D eigenvalue weighted by Gasteiger charge is 2.10. The maximum absolute atomic E-state index is 10.1. The summed E-state index contributed by atoms with van der Waals surface area (Å²) in [6, 6.07) is 3.17. The second-order valence-corrected chi connectivity index (χ2v) is 3.74. The lowest BCUT2D eigenvalue weighted by Crippen LogP contribution is -2.15. The molecule has 0 aliphatic heterocycles. The third-order valence-electron chi connectivity index (χ3n) is 0.832. The van der Waals surface area contributed by atoms with Gasteiger partial charge in [0.15, 0.2) is 0 Å². The summed E-state index contributed by atoms with van der Waals surface area (Å²) in [6.45, 7) is 0. The van der Waals surface area contributed by atoms with Gasteiger partial charge in [0, 0.05) is 6.07 Å². The molecule has 4 heteroatoms. The zero-order valence-electron chi connectivity index (χ0n) is 4.33. The van der Waals surface area contributed by atoms with Gasteiger partial charge in [-0.25, -0.2) is 0 Å². The standard InChI is InChI=1S/C5H3ClO2S/c6-4-2-1-3-9(4)5(7)8/h1-3H. The molecule has 1 aromatic heterocycles. The molecule has 1 unspecified atom stereocenters. The van der Waals surface area contributed by atoms with Gasteiger partial charge in [-0.05, 0) is 17.7 Å². The molecule has 1 heterocycles.